The van der Waals surface area contributed by atoms with Gasteiger partial charge in [-0.1, -0.05) is 18.2 Å². The number of fused-ring (bicyclic) bond motifs is 1. The highest BCUT2D eigenvalue weighted by Crippen LogP contribution is 2.22. The molecule has 0 saturated heterocycles. The average Bonchev–Trinajstić information content (AvgIpc) is 3.03. The van der Waals surface area contributed by atoms with Crippen LogP contribution in [0.3, 0.4) is 0 Å². The number of amides is 1. The van der Waals surface area contributed by atoms with E-state index in [2.05, 4.69) is 0 Å². The molecule has 0 aliphatic rings. The van der Waals surface area contributed by atoms with E-state index in [1.807, 2.05) is 85.7 Å². The molecule has 0 bridgehead atoms. The first-order valence-electron chi connectivity index (χ1n) is 9.93. The fourth-order valence-corrected chi connectivity index (χ4v) is 3.64. The van der Waals surface area contributed by atoms with Crippen LogP contribution < -0.4 is 9.47 Å². The molecule has 0 fully saturated rings. The summed E-state index contributed by atoms with van der Waals surface area (Å²) in [5.41, 5.74) is 1.78. The van der Waals surface area contributed by atoms with Crippen molar-refractivity contribution in [2.75, 3.05) is 7.11 Å². The quantitative estimate of drug-likeness (QED) is 0.572. The highest BCUT2D eigenvalue weighted by molar-refractivity contribution is 5.81. The molecule has 0 aliphatic heterocycles. The third-order valence-electron chi connectivity index (χ3n) is 4.84. The molecule has 0 N–H and O–H groups in total. The number of ether oxygens (including phenoxy) is 2. The molecular formula is C23H29N3O3. The molecule has 0 saturated carbocycles. The van der Waals surface area contributed by atoms with Crippen LogP contribution in [0.5, 0.6) is 11.5 Å². The largest absolute Gasteiger partial charge is 0.497 e. The zero-order chi connectivity index (χ0) is 21.0. The summed E-state index contributed by atoms with van der Waals surface area (Å²) in [6.45, 7) is 8.65. The van der Waals surface area contributed by atoms with E-state index in [1.165, 1.54) is 0 Å². The van der Waals surface area contributed by atoms with Gasteiger partial charge in [0.1, 0.15) is 30.5 Å². The van der Waals surface area contributed by atoms with E-state index in [4.69, 9.17) is 14.5 Å². The summed E-state index contributed by atoms with van der Waals surface area (Å²) in [4.78, 5) is 19.7. The van der Waals surface area contributed by atoms with Crippen LogP contribution >= 0.6 is 0 Å². The Kier molecular flexibility index (Phi) is 6.42. The van der Waals surface area contributed by atoms with Gasteiger partial charge in [-0.05, 0) is 52.0 Å². The van der Waals surface area contributed by atoms with E-state index < -0.39 is 0 Å². The van der Waals surface area contributed by atoms with Crippen LogP contribution in [0.25, 0.3) is 11.0 Å². The van der Waals surface area contributed by atoms with Gasteiger partial charge in [-0.25, -0.2) is 4.98 Å². The predicted molar refractivity (Wildman–Crippen MR) is 114 cm³/mol. The van der Waals surface area contributed by atoms with E-state index in [0.717, 1.165) is 22.6 Å². The third-order valence-corrected chi connectivity index (χ3v) is 4.84. The third kappa shape index (κ3) is 4.70. The van der Waals surface area contributed by atoms with Gasteiger partial charge in [0.15, 0.2) is 0 Å². The number of rotatable bonds is 8. The number of imidazole rings is 1. The molecule has 3 aromatic rings. The van der Waals surface area contributed by atoms with Crippen LogP contribution in [-0.4, -0.2) is 39.6 Å². The molecule has 2 aromatic carbocycles. The van der Waals surface area contributed by atoms with Gasteiger partial charge in [-0.3, -0.25) is 4.79 Å². The number of methoxy groups -OCH3 is 1. The van der Waals surface area contributed by atoms with Crippen molar-refractivity contribution in [2.45, 2.75) is 52.9 Å². The van der Waals surface area contributed by atoms with Gasteiger partial charge >= 0.3 is 0 Å². The minimum Gasteiger partial charge on any atom is -0.497 e. The zero-order valence-corrected chi connectivity index (χ0v) is 17.8. The second-order valence-corrected chi connectivity index (χ2v) is 7.56. The fourth-order valence-electron chi connectivity index (χ4n) is 3.64. The molecule has 0 atom stereocenters. The lowest BCUT2D eigenvalue weighted by molar-refractivity contribution is -0.135. The Morgan fingerprint density at radius 2 is 1.72 bits per heavy atom. The molecule has 154 valence electrons. The Morgan fingerprint density at radius 3 is 2.41 bits per heavy atom. The van der Waals surface area contributed by atoms with Gasteiger partial charge in [0.05, 0.1) is 18.1 Å². The van der Waals surface area contributed by atoms with Gasteiger partial charge in [-0.15, -0.1) is 0 Å². The van der Waals surface area contributed by atoms with Crippen LogP contribution in [0, 0.1) is 0 Å². The standard InChI is InChI=1S/C23H29N3O3/c1-16(2)26(17(3)4)23(27)14-25-21-12-7-6-11-20(21)24-22(25)15-29-19-10-8-9-18(13-19)28-5/h6-13,16-17H,14-15H2,1-5H3. The molecule has 0 radical (unpaired) electrons. The summed E-state index contributed by atoms with van der Waals surface area (Å²) in [5.74, 6) is 2.21. The summed E-state index contributed by atoms with van der Waals surface area (Å²) in [6, 6.07) is 15.6. The summed E-state index contributed by atoms with van der Waals surface area (Å²) in [5, 5.41) is 0. The summed E-state index contributed by atoms with van der Waals surface area (Å²) >= 11 is 0. The summed E-state index contributed by atoms with van der Waals surface area (Å²) in [6.07, 6.45) is 0. The SMILES string of the molecule is COc1cccc(OCc2nc3ccccc3n2CC(=O)N(C(C)C)C(C)C)c1. The topological polar surface area (TPSA) is 56.6 Å². The molecule has 1 aromatic heterocycles. The molecule has 29 heavy (non-hydrogen) atoms. The first kappa shape index (κ1) is 20.7. The number of carbonyl (C=O) groups excluding carboxylic acids is 1. The number of hydrogen-bond donors (Lipinski definition) is 0. The van der Waals surface area contributed by atoms with Crippen molar-refractivity contribution in [3.05, 3.63) is 54.4 Å². The van der Waals surface area contributed by atoms with E-state index in [1.54, 1.807) is 7.11 Å². The number of nitrogens with zero attached hydrogens (tertiary/aromatic N) is 3. The van der Waals surface area contributed by atoms with Gasteiger partial charge in [-0.2, -0.15) is 0 Å². The number of benzene rings is 2. The van der Waals surface area contributed by atoms with Gasteiger partial charge in [0, 0.05) is 18.2 Å². The first-order valence-corrected chi connectivity index (χ1v) is 9.93. The normalized spacial score (nSPS) is 11.3. The van der Waals surface area contributed by atoms with E-state index in [0.29, 0.717) is 5.75 Å². The molecule has 6 heteroatoms. The van der Waals surface area contributed by atoms with Crippen molar-refractivity contribution >= 4 is 16.9 Å². The van der Waals surface area contributed by atoms with E-state index in [-0.39, 0.29) is 31.1 Å². The van der Waals surface area contributed by atoms with Crippen molar-refractivity contribution in [3.63, 3.8) is 0 Å². The van der Waals surface area contributed by atoms with Crippen LogP contribution in [0.1, 0.15) is 33.5 Å². The lowest BCUT2D eigenvalue weighted by atomic mass is 10.2. The molecule has 0 aliphatic carbocycles. The van der Waals surface area contributed by atoms with Gasteiger partial charge in [0.25, 0.3) is 0 Å². The van der Waals surface area contributed by atoms with Crippen LogP contribution in [0.15, 0.2) is 48.5 Å². The molecular weight excluding hydrogens is 366 g/mol. The van der Waals surface area contributed by atoms with Crippen molar-refractivity contribution in [3.8, 4) is 11.5 Å². The summed E-state index contributed by atoms with van der Waals surface area (Å²) < 4.78 is 13.2. The Bertz CT molecular complexity index is 970. The van der Waals surface area contributed by atoms with Gasteiger partial charge in [0.2, 0.25) is 5.91 Å². The monoisotopic (exact) mass is 395 g/mol. The van der Waals surface area contributed by atoms with Crippen LogP contribution in [0.4, 0.5) is 0 Å². The van der Waals surface area contributed by atoms with Crippen molar-refractivity contribution in [2.24, 2.45) is 0 Å². The van der Waals surface area contributed by atoms with Crippen molar-refractivity contribution in [1.29, 1.82) is 0 Å². The number of hydrogen-bond acceptors (Lipinski definition) is 4. The Hall–Kier alpha value is -3.02. The minimum atomic E-state index is 0.0702. The molecule has 1 heterocycles. The maximum atomic E-state index is 13.1. The Labute approximate surface area is 172 Å². The Morgan fingerprint density at radius 1 is 1.03 bits per heavy atom. The highest BCUT2D eigenvalue weighted by atomic mass is 16.5. The molecule has 3 rings (SSSR count). The second-order valence-electron chi connectivity index (χ2n) is 7.56. The number of para-hydroxylation sites is 2. The van der Waals surface area contributed by atoms with Crippen LogP contribution in [-0.2, 0) is 17.9 Å². The maximum Gasteiger partial charge on any atom is 0.243 e. The maximum absolute atomic E-state index is 13.1. The Balaban J connectivity index is 1.88. The highest BCUT2D eigenvalue weighted by Gasteiger charge is 2.22. The average molecular weight is 396 g/mol. The van der Waals surface area contributed by atoms with Crippen molar-refractivity contribution in [1.82, 2.24) is 14.5 Å². The van der Waals surface area contributed by atoms with E-state index >= 15 is 0 Å². The molecule has 6 nitrogen and oxygen atoms in total. The van der Waals surface area contributed by atoms with Crippen LogP contribution in [0.2, 0.25) is 0 Å². The lowest BCUT2D eigenvalue weighted by Crippen LogP contribution is -2.43. The molecule has 0 spiro atoms. The van der Waals surface area contributed by atoms with Gasteiger partial charge < -0.3 is 18.9 Å². The molecule has 1 amide bonds. The van der Waals surface area contributed by atoms with Crippen molar-refractivity contribution < 1.29 is 14.3 Å². The zero-order valence-electron chi connectivity index (χ0n) is 17.8. The molecule has 0 unspecified atom stereocenters. The fraction of sp³-hybridized carbons (Fsp3) is 0.391. The minimum absolute atomic E-state index is 0.0702. The number of carbonyl (C=O) groups is 1. The predicted octanol–water partition coefficient (Wildman–Crippen LogP) is 4.27. The smallest absolute Gasteiger partial charge is 0.243 e. The first-order chi connectivity index (χ1) is 13.9. The second kappa shape index (κ2) is 8.99. The van der Waals surface area contributed by atoms with E-state index in [9.17, 15) is 4.79 Å². The number of aromatic nitrogens is 2. The lowest BCUT2D eigenvalue weighted by Gasteiger charge is -2.31. The summed E-state index contributed by atoms with van der Waals surface area (Å²) in [7, 11) is 1.62.